The first-order chi connectivity index (χ1) is 13.6. The summed E-state index contributed by atoms with van der Waals surface area (Å²) in [6.07, 6.45) is 2.11. The number of hydrogen-bond donors (Lipinski definition) is 2. The summed E-state index contributed by atoms with van der Waals surface area (Å²) in [6, 6.07) is 9.36. The van der Waals surface area contributed by atoms with Crippen molar-refractivity contribution < 1.29 is 9.53 Å². The molecule has 3 heterocycles. The molecule has 3 N–H and O–H groups in total. The fourth-order valence-corrected chi connectivity index (χ4v) is 3.56. The second-order valence-corrected chi connectivity index (χ2v) is 6.84. The molecule has 8 heteroatoms. The van der Waals surface area contributed by atoms with Crippen LogP contribution >= 0.6 is 0 Å². The normalized spacial score (nSPS) is 15.5. The lowest BCUT2D eigenvalue weighted by Gasteiger charge is -2.22. The Morgan fingerprint density at radius 2 is 2.11 bits per heavy atom. The molecule has 0 unspecified atom stereocenters. The molecule has 1 fully saturated rings. The number of carbonyl (C=O) groups is 1. The summed E-state index contributed by atoms with van der Waals surface area (Å²) in [5.41, 5.74) is 7.33. The Hall–Kier alpha value is -3.13. The van der Waals surface area contributed by atoms with E-state index in [1.807, 2.05) is 24.4 Å². The van der Waals surface area contributed by atoms with Crippen LogP contribution in [-0.4, -0.2) is 58.7 Å². The zero-order valence-electron chi connectivity index (χ0n) is 15.9. The molecular formula is C20H24N6O2. The van der Waals surface area contributed by atoms with Gasteiger partial charge >= 0.3 is 6.09 Å². The molecule has 0 atom stereocenters. The average molecular weight is 380 g/mol. The smallest absolute Gasteiger partial charge is 0.408 e. The van der Waals surface area contributed by atoms with Crippen LogP contribution in [0.5, 0.6) is 5.75 Å². The van der Waals surface area contributed by atoms with Crippen molar-refractivity contribution in [1.82, 2.24) is 19.9 Å². The quantitative estimate of drug-likeness (QED) is 0.722. The standard InChI is InChI=1S/C20H24N6O2/c1-2-25-9-4-10-26(12-11-25)17-8-7-14(13-22-17)19-23-15-5-3-6-16(18(15)24-19)28-20(21)27/h3,5-8,13H,2,4,9-12H2,1H3,(H2,21,27)(H,23,24). The van der Waals surface area contributed by atoms with Gasteiger partial charge in [-0.2, -0.15) is 0 Å². The highest BCUT2D eigenvalue weighted by molar-refractivity contribution is 5.87. The highest BCUT2D eigenvalue weighted by Crippen LogP contribution is 2.27. The molecule has 0 radical (unpaired) electrons. The van der Waals surface area contributed by atoms with Gasteiger partial charge in [0.1, 0.15) is 17.2 Å². The number of pyridine rings is 1. The Kier molecular flexibility index (Phi) is 5.12. The Morgan fingerprint density at radius 3 is 2.86 bits per heavy atom. The molecule has 1 saturated heterocycles. The number of aromatic nitrogens is 3. The lowest BCUT2D eigenvalue weighted by Crippen LogP contribution is -2.30. The van der Waals surface area contributed by atoms with Gasteiger partial charge in [0.25, 0.3) is 0 Å². The number of primary amides is 1. The molecule has 2 aromatic heterocycles. The zero-order valence-corrected chi connectivity index (χ0v) is 15.9. The molecule has 1 aliphatic rings. The van der Waals surface area contributed by atoms with Gasteiger partial charge in [-0.3, -0.25) is 0 Å². The Morgan fingerprint density at radius 1 is 1.21 bits per heavy atom. The van der Waals surface area contributed by atoms with Crippen molar-refractivity contribution in [2.24, 2.45) is 5.73 Å². The number of nitrogens with two attached hydrogens (primary N) is 1. The van der Waals surface area contributed by atoms with Gasteiger partial charge < -0.3 is 25.3 Å². The topological polar surface area (TPSA) is 100 Å². The van der Waals surface area contributed by atoms with Crippen LogP contribution in [0.3, 0.4) is 0 Å². The highest BCUT2D eigenvalue weighted by Gasteiger charge is 2.16. The summed E-state index contributed by atoms with van der Waals surface area (Å²) in [6.45, 7) is 7.50. The van der Waals surface area contributed by atoms with Crippen LogP contribution in [0.4, 0.5) is 10.6 Å². The molecule has 0 spiro atoms. The fraction of sp³-hybridized carbons (Fsp3) is 0.350. The predicted molar refractivity (Wildman–Crippen MR) is 108 cm³/mol. The minimum absolute atomic E-state index is 0.335. The van der Waals surface area contributed by atoms with Gasteiger partial charge in [0.15, 0.2) is 5.75 Å². The van der Waals surface area contributed by atoms with Crippen molar-refractivity contribution in [2.75, 3.05) is 37.6 Å². The number of hydrogen-bond acceptors (Lipinski definition) is 6. The summed E-state index contributed by atoms with van der Waals surface area (Å²) in [7, 11) is 0. The molecule has 0 aliphatic carbocycles. The van der Waals surface area contributed by atoms with Gasteiger partial charge in [0.2, 0.25) is 0 Å². The Labute approximate surface area is 163 Å². The third kappa shape index (κ3) is 3.77. The first kappa shape index (κ1) is 18.2. The van der Waals surface area contributed by atoms with Crippen LogP contribution < -0.4 is 15.4 Å². The Bertz CT molecular complexity index is 968. The lowest BCUT2D eigenvalue weighted by molar-refractivity contribution is 0.211. The highest BCUT2D eigenvalue weighted by atomic mass is 16.5. The van der Waals surface area contributed by atoms with Crippen molar-refractivity contribution in [2.45, 2.75) is 13.3 Å². The van der Waals surface area contributed by atoms with E-state index in [0.29, 0.717) is 17.1 Å². The van der Waals surface area contributed by atoms with E-state index in [-0.39, 0.29) is 0 Å². The second kappa shape index (κ2) is 7.85. The lowest BCUT2D eigenvalue weighted by atomic mass is 10.2. The molecule has 0 saturated carbocycles. The van der Waals surface area contributed by atoms with Crippen molar-refractivity contribution in [3.8, 4) is 17.1 Å². The van der Waals surface area contributed by atoms with E-state index in [1.165, 1.54) is 0 Å². The third-order valence-electron chi connectivity index (χ3n) is 5.07. The predicted octanol–water partition coefficient (Wildman–Crippen LogP) is 2.61. The molecule has 1 amide bonds. The van der Waals surface area contributed by atoms with Gasteiger partial charge in [-0.25, -0.2) is 14.8 Å². The van der Waals surface area contributed by atoms with E-state index in [1.54, 1.807) is 12.1 Å². The van der Waals surface area contributed by atoms with E-state index in [2.05, 4.69) is 31.7 Å². The van der Waals surface area contributed by atoms with Crippen LogP contribution in [0, 0.1) is 0 Å². The van der Waals surface area contributed by atoms with Crippen molar-refractivity contribution in [3.63, 3.8) is 0 Å². The van der Waals surface area contributed by atoms with Crippen LogP contribution in [0.2, 0.25) is 0 Å². The second-order valence-electron chi connectivity index (χ2n) is 6.84. The number of rotatable bonds is 4. The summed E-state index contributed by atoms with van der Waals surface area (Å²) in [4.78, 5) is 28.3. The monoisotopic (exact) mass is 380 g/mol. The molecule has 4 rings (SSSR count). The minimum Gasteiger partial charge on any atom is -0.408 e. The number of likely N-dealkylation sites (N-methyl/N-ethyl adjacent to an activating group) is 1. The summed E-state index contributed by atoms with van der Waals surface area (Å²) < 4.78 is 5.03. The number of amides is 1. The number of nitrogens with one attached hydrogen (secondary N) is 1. The van der Waals surface area contributed by atoms with Crippen LogP contribution in [0.15, 0.2) is 36.5 Å². The fourth-order valence-electron chi connectivity index (χ4n) is 3.56. The maximum atomic E-state index is 11.1. The van der Waals surface area contributed by atoms with Gasteiger partial charge in [-0.15, -0.1) is 0 Å². The average Bonchev–Trinajstić information content (AvgIpc) is 2.99. The third-order valence-corrected chi connectivity index (χ3v) is 5.07. The number of imidazole rings is 1. The van der Waals surface area contributed by atoms with Crippen LogP contribution in [-0.2, 0) is 0 Å². The number of nitrogens with zero attached hydrogens (tertiary/aromatic N) is 4. The van der Waals surface area contributed by atoms with E-state index >= 15 is 0 Å². The van der Waals surface area contributed by atoms with Crippen LogP contribution in [0.1, 0.15) is 13.3 Å². The summed E-state index contributed by atoms with van der Waals surface area (Å²) in [5.74, 6) is 1.99. The van der Waals surface area contributed by atoms with E-state index < -0.39 is 6.09 Å². The number of anilines is 1. The number of benzene rings is 1. The molecule has 28 heavy (non-hydrogen) atoms. The molecule has 146 valence electrons. The van der Waals surface area contributed by atoms with E-state index in [0.717, 1.165) is 56.0 Å². The maximum Gasteiger partial charge on any atom is 0.410 e. The number of carbonyl (C=O) groups excluding carboxylic acids is 1. The van der Waals surface area contributed by atoms with Crippen molar-refractivity contribution in [1.29, 1.82) is 0 Å². The van der Waals surface area contributed by atoms with E-state index in [4.69, 9.17) is 10.5 Å². The summed E-state index contributed by atoms with van der Waals surface area (Å²) >= 11 is 0. The molecular weight excluding hydrogens is 356 g/mol. The molecule has 8 nitrogen and oxygen atoms in total. The largest absolute Gasteiger partial charge is 0.410 e. The first-order valence-corrected chi connectivity index (χ1v) is 9.54. The number of H-pyrrole nitrogens is 1. The number of fused-ring (bicyclic) bond motifs is 1. The minimum atomic E-state index is -0.859. The molecule has 3 aromatic rings. The van der Waals surface area contributed by atoms with E-state index in [9.17, 15) is 4.79 Å². The maximum absolute atomic E-state index is 11.1. The first-order valence-electron chi connectivity index (χ1n) is 9.54. The number of aromatic amines is 1. The number of para-hydroxylation sites is 1. The zero-order chi connectivity index (χ0) is 19.5. The summed E-state index contributed by atoms with van der Waals surface area (Å²) in [5, 5.41) is 0. The number of ether oxygens (including phenoxy) is 1. The molecule has 1 aromatic carbocycles. The van der Waals surface area contributed by atoms with Crippen molar-refractivity contribution in [3.05, 3.63) is 36.5 Å². The van der Waals surface area contributed by atoms with Gasteiger partial charge in [-0.05, 0) is 43.8 Å². The molecule has 1 aliphatic heterocycles. The Balaban J connectivity index is 1.56. The van der Waals surface area contributed by atoms with Crippen LogP contribution in [0.25, 0.3) is 22.4 Å². The van der Waals surface area contributed by atoms with Gasteiger partial charge in [0.05, 0.1) is 5.52 Å². The van der Waals surface area contributed by atoms with Crippen molar-refractivity contribution >= 4 is 22.9 Å². The SMILES string of the molecule is CCN1CCCN(c2ccc(-c3nc4c(OC(N)=O)cccc4[nH]3)cn2)CC1. The molecule has 0 bridgehead atoms. The van der Waals surface area contributed by atoms with Gasteiger partial charge in [0, 0.05) is 31.4 Å². The van der Waals surface area contributed by atoms with Gasteiger partial charge in [-0.1, -0.05) is 13.0 Å².